The molecule has 102 valence electrons. The molecule has 2 heterocycles. The summed E-state index contributed by atoms with van der Waals surface area (Å²) >= 11 is 1.33. The third-order valence-electron chi connectivity index (χ3n) is 2.55. The van der Waals surface area contributed by atoms with Crippen molar-refractivity contribution in [1.82, 2.24) is 4.98 Å². The molecule has 0 aromatic carbocycles. The highest BCUT2D eigenvalue weighted by Crippen LogP contribution is 2.18. The van der Waals surface area contributed by atoms with E-state index in [-0.39, 0.29) is 12.5 Å². The number of nitrogens with zero attached hydrogens (tertiary/aromatic N) is 1. The number of thiophene rings is 1. The van der Waals surface area contributed by atoms with Crippen LogP contribution in [0.1, 0.15) is 26.5 Å². The van der Waals surface area contributed by atoms with Gasteiger partial charge in [0, 0.05) is 24.5 Å². The average Bonchev–Trinajstić information content (AvgIpc) is 2.91. The number of aliphatic hydroxyl groups excluding tert-OH is 1. The zero-order valence-corrected chi connectivity index (χ0v) is 11.8. The van der Waals surface area contributed by atoms with E-state index in [2.05, 4.69) is 22.1 Å². The van der Waals surface area contributed by atoms with Crippen LogP contribution in [0, 0.1) is 18.8 Å². The van der Waals surface area contributed by atoms with E-state index in [1.807, 2.05) is 13.0 Å². The van der Waals surface area contributed by atoms with Crippen LogP contribution in [0.2, 0.25) is 0 Å². The van der Waals surface area contributed by atoms with Gasteiger partial charge in [0.25, 0.3) is 5.91 Å². The Labute approximate surface area is 121 Å². The minimum Gasteiger partial charge on any atom is -0.395 e. The molecule has 0 saturated carbocycles. The summed E-state index contributed by atoms with van der Waals surface area (Å²) in [6, 6.07) is 5.33. The number of aryl methyl sites for hydroxylation is 1. The van der Waals surface area contributed by atoms with Crippen molar-refractivity contribution in [3.63, 3.8) is 0 Å². The van der Waals surface area contributed by atoms with E-state index in [0.717, 1.165) is 16.1 Å². The number of hydrogen-bond donors (Lipinski definition) is 2. The summed E-state index contributed by atoms with van der Waals surface area (Å²) in [5.74, 6) is 5.59. The van der Waals surface area contributed by atoms with Gasteiger partial charge in [-0.3, -0.25) is 9.78 Å². The lowest BCUT2D eigenvalue weighted by Crippen LogP contribution is -2.11. The molecule has 0 aliphatic carbocycles. The maximum Gasteiger partial charge on any atom is 0.265 e. The number of carbonyl (C=O) groups excluding carboxylic acids is 1. The minimum absolute atomic E-state index is 0.0486. The first-order valence-corrected chi connectivity index (χ1v) is 6.94. The summed E-state index contributed by atoms with van der Waals surface area (Å²) in [5, 5.41) is 11.5. The maximum atomic E-state index is 12.1. The van der Waals surface area contributed by atoms with Crippen molar-refractivity contribution in [3.05, 3.63) is 45.9 Å². The van der Waals surface area contributed by atoms with Gasteiger partial charge in [-0.2, -0.15) is 0 Å². The number of anilines is 1. The molecule has 0 bridgehead atoms. The lowest BCUT2D eigenvalue weighted by Gasteiger charge is -2.05. The van der Waals surface area contributed by atoms with Gasteiger partial charge in [-0.15, -0.1) is 11.3 Å². The van der Waals surface area contributed by atoms with Crippen molar-refractivity contribution < 1.29 is 9.90 Å². The standard InChI is InChI=1S/C15H14N2O2S/c1-11-10-16-8-7-13(11)17-15(19)14-6-5-12(20-14)4-2-3-9-18/h5-8,10,18H,3,9H2,1H3,(H,16,17,19). The predicted octanol–water partition coefficient (Wildman–Crippen LogP) is 2.44. The molecule has 20 heavy (non-hydrogen) atoms. The molecule has 0 atom stereocenters. The number of amides is 1. The number of aliphatic hydroxyl groups is 1. The Kier molecular flexibility index (Phi) is 4.88. The first-order chi connectivity index (χ1) is 9.70. The minimum atomic E-state index is -0.153. The SMILES string of the molecule is Cc1cnccc1NC(=O)c1ccc(C#CCCO)s1. The zero-order valence-electron chi connectivity index (χ0n) is 11.0. The van der Waals surface area contributed by atoms with Crippen LogP contribution in [0.15, 0.2) is 30.6 Å². The molecule has 1 amide bonds. The third-order valence-corrected chi connectivity index (χ3v) is 3.55. The van der Waals surface area contributed by atoms with Crippen LogP contribution in [0.4, 0.5) is 5.69 Å². The Balaban J connectivity index is 2.07. The van der Waals surface area contributed by atoms with E-state index in [9.17, 15) is 4.79 Å². The van der Waals surface area contributed by atoms with Crippen molar-refractivity contribution in [2.75, 3.05) is 11.9 Å². The number of carbonyl (C=O) groups is 1. The van der Waals surface area contributed by atoms with Crippen LogP contribution in [-0.4, -0.2) is 22.6 Å². The predicted molar refractivity (Wildman–Crippen MR) is 79.8 cm³/mol. The molecule has 2 aromatic heterocycles. The summed E-state index contributed by atoms with van der Waals surface area (Å²) in [5.41, 5.74) is 1.67. The molecule has 0 saturated heterocycles. The molecule has 2 rings (SSSR count). The van der Waals surface area contributed by atoms with Crippen LogP contribution in [0.3, 0.4) is 0 Å². The van der Waals surface area contributed by atoms with E-state index in [4.69, 9.17) is 5.11 Å². The van der Waals surface area contributed by atoms with E-state index in [0.29, 0.717) is 11.3 Å². The zero-order chi connectivity index (χ0) is 14.4. The van der Waals surface area contributed by atoms with Crippen LogP contribution in [0.25, 0.3) is 0 Å². The van der Waals surface area contributed by atoms with E-state index < -0.39 is 0 Å². The van der Waals surface area contributed by atoms with Gasteiger partial charge >= 0.3 is 0 Å². The Morgan fingerprint density at radius 1 is 1.45 bits per heavy atom. The largest absolute Gasteiger partial charge is 0.395 e. The highest BCUT2D eigenvalue weighted by molar-refractivity contribution is 7.14. The summed E-state index contributed by atoms with van der Waals surface area (Å²) in [7, 11) is 0. The Hall–Kier alpha value is -2.16. The van der Waals surface area contributed by atoms with Crippen molar-refractivity contribution in [2.45, 2.75) is 13.3 Å². The van der Waals surface area contributed by atoms with E-state index in [1.165, 1.54) is 11.3 Å². The van der Waals surface area contributed by atoms with Gasteiger partial charge in [-0.25, -0.2) is 0 Å². The van der Waals surface area contributed by atoms with Gasteiger partial charge in [-0.1, -0.05) is 11.8 Å². The topological polar surface area (TPSA) is 62.2 Å². The van der Waals surface area contributed by atoms with Gasteiger partial charge in [0.15, 0.2) is 0 Å². The molecule has 2 aromatic rings. The van der Waals surface area contributed by atoms with Crippen LogP contribution in [-0.2, 0) is 0 Å². The van der Waals surface area contributed by atoms with Crippen molar-refractivity contribution in [1.29, 1.82) is 0 Å². The number of hydrogen-bond acceptors (Lipinski definition) is 4. The number of nitrogens with one attached hydrogen (secondary N) is 1. The lowest BCUT2D eigenvalue weighted by molar-refractivity contribution is 0.103. The van der Waals surface area contributed by atoms with Crippen LogP contribution >= 0.6 is 11.3 Å². The highest BCUT2D eigenvalue weighted by Gasteiger charge is 2.09. The van der Waals surface area contributed by atoms with E-state index >= 15 is 0 Å². The van der Waals surface area contributed by atoms with Crippen molar-refractivity contribution >= 4 is 22.9 Å². The Morgan fingerprint density at radius 2 is 2.30 bits per heavy atom. The first kappa shape index (κ1) is 14.3. The second kappa shape index (κ2) is 6.85. The molecular weight excluding hydrogens is 272 g/mol. The summed E-state index contributed by atoms with van der Waals surface area (Å²) < 4.78 is 0. The fraction of sp³-hybridized carbons (Fsp3) is 0.200. The number of pyridine rings is 1. The highest BCUT2D eigenvalue weighted by atomic mass is 32.1. The van der Waals surface area contributed by atoms with Crippen LogP contribution in [0.5, 0.6) is 0 Å². The van der Waals surface area contributed by atoms with Crippen molar-refractivity contribution in [3.8, 4) is 11.8 Å². The quantitative estimate of drug-likeness (QED) is 0.852. The molecule has 0 unspecified atom stereocenters. The average molecular weight is 286 g/mol. The third kappa shape index (κ3) is 3.67. The Bertz CT molecular complexity index is 668. The first-order valence-electron chi connectivity index (χ1n) is 6.12. The molecular formula is C15H14N2O2S. The molecule has 2 N–H and O–H groups in total. The smallest absolute Gasteiger partial charge is 0.265 e. The molecule has 5 heteroatoms. The van der Waals surface area contributed by atoms with Gasteiger partial charge in [0.05, 0.1) is 16.4 Å². The second-order valence-electron chi connectivity index (χ2n) is 4.08. The molecule has 0 fully saturated rings. The lowest BCUT2D eigenvalue weighted by atomic mass is 10.2. The normalized spacial score (nSPS) is 9.70. The molecule has 0 aliphatic rings. The molecule has 0 spiro atoms. The fourth-order valence-electron chi connectivity index (χ4n) is 1.53. The molecule has 4 nitrogen and oxygen atoms in total. The van der Waals surface area contributed by atoms with Gasteiger partial charge < -0.3 is 10.4 Å². The van der Waals surface area contributed by atoms with Gasteiger partial charge in [-0.05, 0) is 30.7 Å². The van der Waals surface area contributed by atoms with Gasteiger partial charge in [0.1, 0.15) is 0 Å². The second-order valence-corrected chi connectivity index (χ2v) is 5.17. The summed E-state index contributed by atoms with van der Waals surface area (Å²) in [6.07, 6.45) is 3.79. The molecule has 0 aliphatic heterocycles. The number of rotatable bonds is 3. The fourth-order valence-corrected chi connectivity index (χ4v) is 2.31. The van der Waals surface area contributed by atoms with E-state index in [1.54, 1.807) is 24.5 Å². The summed E-state index contributed by atoms with van der Waals surface area (Å²) in [4.78, 5) is 17.5. The molecule has 0 radical (unpaired) electrons. The maximum absolute atomic E-state index is 12.1. The summed E-state index contributed by atoms with van der Waals surface area (Å²) in [6.45, 7) is 1.94. The van der Waals surface area contributed by atoms with Gasteiger partial charge in [0.2, 0.25) is 0 Å². The van der Waals surface area contributed by atoms with Crippen LogP contribution < -0.4 is 5.32 Å². The van der Waals surface area contributed by atoms with Crippen molar-refractivity contribution in [2.24, 2.45) is 0 Å². The number of aromatic nitrogens is 1. The Morgan fingerprint density at radius 3 is 3.05 bits per heavy atom. The monoisotopic (exact) mass is 286 g/mol.